The zero-order chi connectivity index (χ0) is 20.1. The summed E-state index contributed by atoms with van der Waals surface area (Å²) in [5.41, 5.74) is 8.24. The van der Waals surface area contributed by atoms with Crippen molar-refractivity contribution < 1.29 is 9.53 Å². The van der Waals surface area contributed by atoms with E-state index in [1.807, 2.05) is 29.0 Å². The maximum absolute atomic E-state index is 12.7. The summed E-state index contributed by atoms with van der Waals surface area (Å²) in [7, 11) is 1.75. The number of nitrogens with two attached hydrogens (primary N) is 1. The van der Waals surface area contributed by atoms with Gasteiger partial charge in [0.1, 0.15) is 0 Å². The predicted molar refractivity (Wildman–Crippen MR) is 110 cm³/mol. The smallest absolute Gasteiger partial charge is 0.237 e. The minimum absolute atomic E-state index is 0.0153. The largest absolute Gasteiger partial charge is 0.381 e. The summed E-state index contributed by atoms with van der Waals surface area (Å²) in [5, 5.41) is 3.16. The molecule has 1 aromatic heterocycles. The number of hydrogen-bond donors (Lipinski definition) is 2. The second-order valence-electron chi connectivity index (χ2n) is 7.80. The molecule has 1 aliphatic rings. The number of rotatable bonds is 9. The van der Waals surface area contributed by atoms with Crippen LogP contribution in [0.25, 0.3) is 0 Å². The first-order valence-corrected chi connectivity index (χ1v) is 10.2. The third-order valence-electron chi connectivity index (χ3n) is 6.36. The number of ether oxygens (including phenoxy) is 1. The van der Waals surface area contributed by atoms with Crippen molar-refractivity contribution >= 4 is 5.91 Å². The van der Waals surface area contributed by atoms with Crippen molar-refractivity contribution in [2.45, 2.75) is 64.3 Å². The molecule has 3 N–H and O–H groups in total. The van der Waals surface area contributed by atoms with E-state index in [0.29, 0.717) is 6.42 Å². The van der Waals surface area contributed by atoms with Gasteiger partial charge in [0.15, 0.2) is 0 Å². The fourth-order valence-corrected chi connectivity index (χ4v) is 4.47. The lowest BCUT2D eigenvalue weighted by molar-refractivity contribution is -0.142. The maximum Gasteiger partial charge on any atom is 0.237 e. The van der Waals surface area contributed by atoms with Crippen LogP contribution in [0.1, 0.15) is 44.4 Å². The molecule has 0 bridgehead atoms. The van der Waals surface area contributed by atoms with Gasteiger partial charge in [0.2, 0.25) is 5.91 Å². The lowest BCUT2D eigenvalue weighted by atomic mass is 9.58. The number of benzene rings is 1. The van der Waals surface area contributed by atoms with Crippen molar-refractivity contribution in [2.75, 3.05) is 7.11 Å². The van der Waals surface area contributed by atoms with Gasteiger partial charge in [0.05, 0.1) is 24.2 Å². The van der Waals surface area contributed by atoms with Crippen molar-refractivity contribution in [2.24, 2.45) is 11.1 Å². The van der Waals surface area contributed by atoms with Crippen molar-refractivity contribution in [3.8, 4) is 0 Å². The molecule has 3 atom stereocenters. The number of imidazole rings is 1. The molecular formula is C22H32N4O2. The number of aromatic nitrogens is 2. The zero-order valence-electron chi connectivity index (χ0n) is 17.1. The summed E-state index contributed by atoms with van der Waals surface area (Å²) in [6.07, 6.45) is 7.20. The monoisotopic (exact) mass is 384 g/mol. The lowest BCUT2D eigenvalue weighted by Crippen LogP contribution is -2.65. The number of hydrogen-bond acceptors (Lipinski definition) is 4. The average molecular weight is 385 g/mol. The minimum Gasteiger partial charge on any atom is -0.381 e. The van der Waals surface area contributed by atoms with Crippen LogP contribution in [0.4, 0.5) is 0 Å². The molecule has 28 heavy (non-hydrogen) atoms. The highest BCUT2D eigenvalue weighted by Crippen LogP contribution is 2.48. The Labute approximate surface area is 167 Å². The fourth-order valence-electron chi connectivity index (χ4n) is 4.47. The fraction of sp³-hybridized carbons (Fsp3) is 0.545. The van der Waals surface area contributed by atoms with Crippen LogP contribution in [-0.4, -0.2) is 40.8 Å². The van der Waals surface area contributed by atoms with Crippen molar-refractivity contribution in [1.29, 1.82) is 0 Å². The predicted octanol–water partition coefficient (Wildman–Crippen LogP) is 2.51. The molecule has 2 unspecified atom stereocenters. The Hall–Kier alpha value is -2.18. The first-order valence-electron chi connectivity index (χ1n) is 10.2. The van der Waals surface area contributed by atoms with E-state index in [-0.39, 0.29) is 23.5 Å². The highest BCUT2D eigenvalue weighted by atomic mass is 16.5. The molecule has 0 aliphatic heterocycles. The van der Waals surface area contributed by atoms with Crippen LogP contribution >= 0.6 is 0 Å². The number of amides is 1. The van der Waals surface area contributed by atoms with Gasteiger partial charge >= 0.3 is 0 Å². The van der Waals surface area contributed by atoms with Gasteiger partial charge < -0.3 is 20.4 Å². The van der Waals surface area contributed by atoms with E-state index in [4.69, 9.17) is 10.5 Å². The number of carbonyl (C=O) groups is 1. The summed E-state index contributed by atoms with van der Waals surface area (Å²) < 4.78 is 7.63. The molecule has 1 saturated carbocycles. The normalized spacial score (nSPS) is 21.7. The molecule has 6 nitrogen and oxygen atoms in total. The highest BCUT2D eigenvalue weighted by Gasteiger charge is 2.53. The Balaban J connectivity index is 1.55. The van der Waals surface area contributed by atoms with Crippen LogP contribution in [-0.2, 0) is 22.5 Å². The van der Waals surface area contributed by atoms with Crippen LogP contribution in [0, 0.1) is 5.41 Å². The van der Waals surface area contributed by atoms with Gasteiger partial charge in [0, 0.05) is 37.7 Å². The van der Waals surface area contributed by atoms with Crippen LogP contribution in [0.5, 0.6) is 0 Å². The van der Waals surface area contributed by atoms with Crippen LogP contribution in [0.15, 0.2) is 42.9 Å². The third-order valence-corrected chi connectivity index (χ3v) is 6.36. The minimum atomic E-state index is -0.604. The van der Waals surface area contributed by atoms with Gasteiger partial charge in [-0.25, -0.2) is 4.98 Å². The molecule has 1 aromatic carbocycles. The summed E-state index contributed by atoms with van der Waals surface area (Å²) in [6.45, 7) is 5.07. The molecule has 1 aliphatic carbocycles. The van der Waals surface area contributed by atoms with Gasteiger partial charge in [-0.1, -0.05) is 44.2 Å². The van der Waals surface area contributed by atoms with Gasteiger partial charge in [0.25, 0.3) is 0 Å². The number of carbonyl (C=O) groups excluding carboxylic acids is 1. The molecule has 3 rings (SSSR count). The second-order valence-corrected chi connectivity index (χ2v) is 7.80. The van der Waals surface area contributed by atoms with Crippen LogP contribution in [0.2, 0.25) is 0 Å². The maximum atomic E-state index is 12.7. The zero-order valence-corrected chi connectivity index (χ0v) is 17.1. The van der Waals surface area contributed by atoms with Gasteiger partial charge in [-0.3, -0.25) is 4.79 Å². The third kappa shape index (κ3) is 4.13. The number of nitrogens with one attached hydrogen (secondary N) is 1. The van der Waals surface area contributed by atoms with Crippen LogP contribution in [0.3, 0.4) is 0 Å². The topological polar surface area (TPSA) is 82.2 Å². The Morgan fingerprint density at radius 1 is 1.36 bits per heavy atom. The van der Waals surface area contributed by atoms with E-state index in [0.717, 1.165) is 31.5 Å². The van der Waals surface area contributed by atoms with Gasteiger partial charge in [-0.15, -0.1) is 0 Å². The number of methoxy groups -OCH3 is 1. The summed E-state index contributed by atoms with van der Waals surface area (Å²) in [4.78, 5) is 17.1. The Morgan fingerprint density at radius 3 is 2.71 bits per heavy atom. The van der Waals surface area contributed by atoms with E-state index in [1.165, 1.54) is 5.56 Å². The van der Waals surface area contributed by atoms with Crippen molar-refractivity contribution in [1.82, 2.24) is 14.9 Å². The van der Waals surface area contributed by atoms with E-state index < -0.39 is 6.04 Å². The van der Waals surface area contributed by atoms with E-state index in [9.17, 15) is 4.79 Å². The summed E-state index contributed by atoms with van der Waals surface area (Å²) >= 11 is 0. The van der Waals surface area contributed by atoms with Gasteiger partial charge in [-0.2, -0.15) is 0 Å². The first-order chi connectivity index (χ1) is 13.5. The van der Waals surface area contributed by atoms with Crippen LogP contribution < -0.4 is 11.1 Å². The summed E-state index contributed by atoms with van der Waals surface area (Å²) in [6, 6.07) is 9.73. The molecule has 0 spiro atoms. The molecule has 2 aromatic rings. The Morgan fingerprint density at radius 2 is 2.07 bits per heavy atom. The van der Waals surface area contributed by atoms with Crippen molar-refractivity contribution in [3.63, 3.8) is 0 Å². The van der Waals surface area contributed by atoms with E-state index >= 15 is 0 Å². The highest BCUT2D eigenvalue weighted by molar-refractivity contribution is 5.82. The standard InChI is InChI=1S/C22H32N4O2/c1-4-22(5-2)19(12-20(22)28-3)25-21(27)18(23)11-17-14-26(15-24-17)13-16-9-7-6-8-10-16/h6-10,14-15,18-20H,4-5,11-13,23H2,1-3H3,(H,25,27)/t18-,19?,20?/m0/s1. The quantitative estimate of drug-likeness (QED) is 0.696. The molecule has 152 valence electrons. The Kier molecular flexibility index (Phi) is 6.52. The molecule has 1 heterocycles. The average Bonchev–Trinajstić information content (AvgIpc) is 3.13. The first kappa shape index (κ1) is 20.6. The molecule has 0 saturated heterocycles. The molecule has 1 amide bonds. The number of nitrogens with zero attached hydrogens (tertiary/aromatic N) is 2. The summed E-state index contributed by atoms with van der Waals surface area (Å²) in [5.74, 6) is -0.108. The molecular weight excluding hydrogens is 352 g/mol. The van der Waals surface area contributed by atoms with E-state index in [1.54, 1.807) is 13.4 Å². The molecule has 1 fully saturated rings. The Bertz CT molecular complexity index is 770. The lowest BCUT2D eigenvalue weighted by Gasteiger charge is -2.55. The SMILES string of the molecule is CCC1(CC)C(NC(=O)[C@@H](N)Cc2cn(Cc3ccccc3)cn2)CC1OC. The second kappa shape index (κ2) is 8.88. The molecule has 6 heteroatoms. The van der Waals surface area contributed by atoms with Crippen molar-refractivity contribution in [3.05, 3.63) is 54.1 Å². The molecule has 0 radical (unpaired) electrons. The van der Waals surface area contributed by atoms with E-state index in [2.05, 4.69) is 36.3 Å². The van der Waals surface area contributed by atoms with Gasteiger partial charge in [-0.05, 0) is 24.8 Å².